The molecule has 0 aromatic rings. The fraction of sp³-hybridized carbons (Fsp3) is 0.889. The van der Waals surface area contributed by atoms with Crippen molar-refractivity contribution in [2.45, 2.75) is 149 Å². The smallest absolute Gasteiger partial charge is 0.305 e. The molecule has 0 aliphatic carbocycles. The number of hydrogen-bond donors (Lipinski definition) is 0. The predicted molar refractivity (Wildman–Crippen MR) is 128 cm³/mol. The largest absolute Gasteiger partial charge is 0.466 e. The van der Waals surface area contributed by atoms with Crippen LogP contribution in [-0.4, -0.2) is 12.6 Å². The third-order valence-electron chi connectivity index (χ3n) is 5.65. The van der Waals surface area contributed by atoms with Gasteiger partial charge in [0.2, 0.25) is 0 Å². The summed E-state index contributed by atoms with van der Waals surface area (Å²) in [6, 6.07) is 0. The lowest BCUT2D eigenvalue weighted by atomic mass is 10.1. The third-order valence-corrected chi connectivity index (χ3v) is 5.65. The van der Waals surface area contributed by atoms with Gasteiger partial charge in [0, 0.05) is 6.42 Å². The van der Waals surface area contributed by atoms with E-state index in [1.54, 1.807) is 0 Å². The first-order valence-electron chi connectivity index (χ1n) is 13.1. The predicted octanol–water partition coefficient (Wildman–Crippen LogP) is 9.32. The Morgan fingerprint density at radius 3 is 1.48 bits per heavy atom. The molecule has 2 heteroatoms. The van der Waals surface area contributed by atoms with E-state index >= 15 is 0 Å². The van der Waals surface area contributed by atoms with Crippen LogP contribution in [0.15, 0.2) is 12.2 Å². The fourth-order valence-corrected chi connectivity index (χ4v) is 3.66. The van der Waals surface area contributed by atoms with Gasteiger partial charge in [-0.2, -0.15) is 0 Å². The molecular weight excluding hydrogens is 356 g/mol. The van der Waals surface area contributed by atoms with Gasteiger partial charge < -0.3 is 4.74 Å². The number of rotatable bonds is 23. The molecular formula is C27H52O2. The number of hydrogen-bond acceptors (Lipinski definition) is 2. The summed E-state index contributed by atoms with van der Waals surface area (Å²) in [7, 11) is 0. The van der Waals surface area contributed by atoms with Crippen LogP contribution in [-0.2, 0) is 9.53 Å². The molecule has 0 spiro atoms. The number of allylic oxidation sites excluding steroid dienone is 2. The minimum absolute atomic E-state index is 0.00197. The molecule has 0 aromatic heterocycles. The Labute approximate surface area is 183 Å². The van der Waals surface area contributed by atoms with Crippen molar-refractivity contribution < 1.29 is 9.53 Å². The molecule has 0 radical (unpaired) electrons. The van der Waals surface area contributed by atoms with E-state index in [1.165, 1.54) is 109 Å². The Morgan fingerprint density at radius 2 is 0.966 bits per heavy atom. The number of carbonyl (C=O) groups is 1. The maximum Gasteiger partial charge on any atom is 0.305 e. The van der Waals surface area contributed by atoms with Crippen LogP contribution in [0, 0.1) is 0 Å². The van der Waals surface area contributed by atoms with Crippen molar-refractivity contribution >= 4 is 5.97 Å². The lowest BCUT2D eigenvalue weighted by Crippen LogP contribution is -2.05. The van der Waals surface area contributed by atoms with Gasteiger partial charge in [-0.1, -0.05) is 116 Å². The number of carbonyl (C=O) groups excluding carboxylic acids is 1. The van der Waals surface area contributed by atoms with Crippen LogP contribution in [0.5, 0.6) is 0 Å². The highest BCUT2D eigenvalue weighted by molar-refractivity contribution is 5.69. The average molecular weight is 409 g/mol. The lowest BCUT2D eigenvalue weighted by Gasteiger charge is -2.04. The van der Waals surface area contributed by atoms with Gasteiger partial charge >= 0.3 is 5.97 Å². The van der Waals surface area contributed by atoms with Crippen LogP contribution in [0.2, 0.25) is 0 Å². The summed E-state index contributed by atoms with van der Waals surface area (Å²) in [5.74, 6) is 0.00197. The Bertz CT molecular complexity index is 348. The molecule has 0 saturated heterocycles. The van der Waals surface area contributed by atoms with Crippen molar-refractivity contribution in [2.75, 3.05) is 6.61 Å². The molecule has 2 nitrogen and oxygen atoms in total. The Morgan fingerprint density at radius 1 is 0.552 bits per heavy atom. The van der Waals surface area contributed by atoms with Gasteiger partial charge in [0.25, 0.3) is 0 Å². The highest BCUT2D eigenvalue weighted by Gasteiger charge is 2.02. The monoisotopic (exact) mass is 408 g/mol. The van der Waals surface area contributed by atoms with Crippen molar-refractivity contribution in [1.29, 1.82) is 0 Å². The van der Waals surface area contributed by atoms with Crippen LogP contribution < -0.4 is 0 Å². The van der Waals surface area contributed by atoms with E-state index in [1.807, 2.05) is 0 Å². The second-order valence-electron chi connectivity index (χ2n) is 8.68. The van der Waals surface area contributed by atoms with Crippen molar-refractivity contribution in [1.82, 2.24) is 0 Å². The normalized spacial score (nSPS) is 11.4. The molecule has 0 aliphatic rings. The highest BCUT2D eigenvalue weighted by atomic mass is 16.5. The maximum absolute atomic E-state index is 11.6. The van der Waals surface area contributed by atoms with Gasteiger partial charge in [0.1, 0.15) is 0 Å². The minimum atomic E-state index is 0.00197. The lowest BCUT2D eigenvalue weighted by molar-refractivity contribution is -0.143. The van der Waals surface area contributed by atoms with Crippen molar-refractivity contribution in [3.05, 3.63) is 12.2 Å². The summed E-state index contributed by atoms with van der Waals surface area (Å²) in [6.45, 7) is 5.06. The third kappa shape index (κ3) is 25.2. The molecule has 0 atom stereocenters. The topological polar surface area (TPSA) is 26.3 Å². The zero-order valence-corrected chi connectivity index (χ0v) is 20.0. The molecule has 172 valence electrons. The first kappa shape index (κ1) is 28.2. The van der Waals surface area contributed by atoms with Crippen molar-refractivity contribution in [2.24, 2.45) is 0 Å². The molecule has 0 aromatic carbocycles. The highest BCUT2D eigenvalue weighted by Crippen LogP contribution is 2.12. The zero-order valence-electron chi connectivity index (χ0n) is 20.0. The molecule has 0 bridgehead atoms. The van der Waals surface area contributed by atoms with Gasteiger partial charge in [-0.05, 0) is 38.5 Å². The summed E-state index contributed by atoms with van der Waals surface area (Å²) in [5, 5.41) is 0. The summed E-state index contributed by atoms with van der Waals surface area (Å²) in [4.78, 5) is 11.6. The summed E-state index contributed by atoms with van der Waals surface area (Å²) in [6.07, 6.45) is 31.3. The van der Waals surface area contributed by atoms with Crippen molar-refractivity contribution in [3.63, 3.8) is 0 Å². The standard InChI is InChI=1S/C27H52O2/c1-3-5-7-8-9-10-11-12-13-14-15-16-17-18-19-20-21-22-23-25-27(28)29-26-24-6-4-2/h12-13H,3-11,14-26H2,1-2H3/b13-12+. The molecule has 0 N–H and O–H groups in total. The van der Waals surface area contributed by atoms with E-state index in [0.717, 1.165) is 19.3 Å². The molecule has 0 aliphatic heterocycles. The number of esters is 1. The number of ether oxygens (including phenoxy) is 1. The number of unbranched alkanes of at least 4 members (excludes halogenated alkanes) is 17. The van der Waals surface area contributed by atoms with Gasteiger partial charge in [-0.3, -0.25) is 4.79 Å². The van der Waals surface area contributed by atoms with Crippen LogP contribution in [0.25, 0.3) is 0 Å². The quantitative estimate of drug-likeness (QED) is 0.0956. The van der Waals surface area contributed by atoms with Gasteiger partial charge in [0.15, 0.2) is 0 Å². The van der Waals surface area contributed by atoms with E-state index < -0.39 is 0 Å². The minimum Gasteiger partial charge on any atom is -0.466 e. The van der Waals surface area contributed by atoms with Gasteiger partial charge in [-0.25, -0.2) is 0 Å². The molecule has 29 heavy (non-hydrogen) atoms. The molecule has 0 fully saturated rings. The van der Waals surface area contributed by atoms with Gasteiger partial charge in [-0.15, -0.1) is 0 Å². The Balaban J connectivity index is 3.14. The van der Waals surface area contributed by atoms with Crippen LogP contribution in [0.4, 0.5) is 0 Å². The summed E-state index contributed by atoms with van der Waals surface area (Å²) < 4.78 is 5.24. The van der Waals surface area contributed by atoms with Crippen LogP contribution in [0.3, 0.4) is 0 Å². The SMILES string of the molecule is CCCCCCCC/C=C/CCCCCCCCCCCC(=O)OCCCCC. The first-order valence-corrected chi connectivity index (χ1v) is 13.1. The maximum atomic E-state index is 11.6. The van der Waals surface area contributed by atoms with Crippen LogP contribution >= 0.6 is 0 Å². The van der Waals surface area contributed by atoms with E-state index in [9.17, 15) is 4.79 Å². The van der Waals surface area contributed by atoms with E-state index in [4.69, 9.17) is 4.74 Å². The first-order chi connectivity index (χ1) is 14.3. The Hall–Kier alpha value is -0.790. The molecule has 0 amide bonds. The summed E-state index contributed by atoms with van der Waals surface area (Å²) in [5.41, 5.74) is 0. The molecule has 0 heterocycles. The second kappa shape index (κ2) is 25.2. The van der Waals surface area contributed by atoms with E-state index in [0.29, 0.717) is 13.0 Å². The molecule has 0 unspecified atom stereocenters. The fourth-order valence-electron chi connectivity index (χ4n) is 3.66. The van der Waals surface area contributed by atoms with E-state index in [2.05, 4.69) is 26.0 Å². The Kier molecular flexibility index (Phi) is 24.6. The van der Waals surface area contributed by atoms with Crippen LogP contribution in [0.1, 0.15) is 149 Å². The molecule has 0 rings (SSSR count). The van der Waals surface area contributed by atoms with Crippen molar-refractivity contribution in [3.8, 4) is 0 Å². The summed E-state index contributed by atoms with van der Waals surface area (Å²) >= 11 is 0. The second-order valence-corrected chi connectivity index (χ2v) is 8.68. The zero-order chi connectivity index (χ0) is 21.3. The van der Waals surface area contributed by atoms with Gasteiger partial charge in [0.05, 0.1) is 6.61 Å². The van der Waals surface area contributed by atoms with E-state index in [-0.39, 0.29) is 5.97 Å². The molecule has 0 saturated carbocycles. The average Bonchev–Trinajstić information content (AvgIpc) is 2.73.